The number of primary amides is 1. The molecule has 0 aliphatic heterocycles. The van der Waals surface area contributed by atoms with Crippen LogP contribution in [-0.2, 0) is 11.2 Å². The van der Waals surface area contributed by atoms with Gasteiger partial charge >= 0.3 is 0 Å². The third-order valence-corrected chi connectivity index (χ3v) is 2.37. The number of anilines is 2. The molecule has 0 aliphatic rings. The van der Waals surface area contributed by atoms with Crippen LogP contribution in [0.15, 0.2) is 0 Å². The molecule has 5 N–H and O–H groups in total. The van der Waals surface area contributed by atoms with Gasteiger partial charge in [-0.3, -0.25) is 4.79 Å². The highest BCUT2D eigenvalue weighted by Crippen LogP contribution is 2.17. The Kier molecular flexibility index (Phi) is 4.68. The van der Waals surface area contributed by atoms with Gasteiger partial charge in [0.2, 0.25) is 5.91 Å². The lowest BCUT2D eigenvalue weighted by atomic mass is 10.2. The molecule has 6 heteroatoms. The van der Waals surface area contributed by atoms with E-state index < -0.39 is 0 Å². The maximum Gasteiger partial charge on any atom is 0.219 e. The molecule has 0 saturated carbocycles. The topological polar surface area (TPSA) is 107 Å². The van der Waals surface area contributed by atoms with E-state index in [4.69, 9.17) is 11.5 Å². The van der Waals surface area contributed by atoms with E-state index in [2.05, 4.69) is 22.2 Å². The predicted molar refractivity (Wildman–Crippen MR) is 67.5 cm³/mol. The van der Waals surface area contributed by atoms with Crippen molar-refractivity contribution < 1.29 is 4.79 Å². The van der Waals surface area contributed by atoms with E-state index in [1.165, 1.54) is 0 Å². The van der Waals surface area contributed by atoms with E-state index in [0.29, 0.717) is 18.2 Å². The molecular weight excluding hydrogens is 218 g/mol. The predicted octanol–water partition coefficient (Wildman–Crippen LogP) is 0.607. The van der Waals surface area contributed by atoms with Crippen LogP contribution in [-0.4, -0.2) is 22.4 Å². The monoisotopic (exact) mass is 237 g/mol. The standard InChI is InChI=1S/C11H19N5O/c1-3-4-9-15-10(13)7(2)11(16-9)14-6-5-8(12)17/h3-6H2,1-2H3,(H2,12,17)(H3,13,14,15,16). The van der Waals surface area contributed by atoms with Crippen molar-refractivity contribution in [2.75, 3.05) is 17.6 Å². The van der Waals surface area contributed by atoms with Gasteiger partial charge in [-0.05, 0) is 13.3 Å². The van der Waals surface area contributed by atoms with Gasteiger partial charge in [0, 0.05) is 24.9 Å². The van der Waals surface area contributed by atoms with E-state index in [9.17, 15) is 4.79 Å². The second kappa shape index (κ2) is 6.03. The fraction of sp³-hybridized carbons (Fsp3) is 0.545. The van der Waals surface area contributed by atoms with Gasteiger partial charge in [0.15, 0.2) is 0 Å². The van der Waals surface area contributed by atoms with Crippen molar-refractivity contribution in [3.63, 3.8) is 0 Å². The van der Waals surface area contributed by atoms with Gasteiger partial charge in [-0.25, -0.2) is 9.97 Å². The molecule has 94 valence electrons. The van der Waals surface area contributed by atoms with Gasteiger partial charge in [-0.1, -0.05) is 6.92 Å². The Balaban J connectivity index is 2.78. The molecule has 0 unspecified atom stereocenters. The Morgan fingerprint density at radius 2 is 2.12 bits per heavy atom. The summed E-state index contributed by atoms with van der Waals surface area (Å²) in [5.74, 6) is 1.54. The summed E-state index contributed by atoms with van der Waals surface area (Å²) in [6, 6.07) is 0. The number of nitrogen functional groups attached to an aromatic ring is 1. The van der Waals surface area contributed by atoms with E-state index in [-0.39, 0.29) is 12.3 Å². The van der Waals surface area contributed by atoms with E-state index in [1.54, 1.807) is 0 Å². The summed E-state index contributed by atoms with van der Waals surface area (Å²) >= 11 is 0. The molecule has 1 aromatic rings. The lowest BCUT2D eigenvalue weighted by Gasteiger charge is -2.11. The zero-order valence-corrected chi connectivity index (χ0v) is 10.3. The van der Waals surface area contributed by atoms with E-state index in [0.717, 1.165) is 24.2 Å². The number of carbonyl (C=O) groups is 1. The van der Waals surface area contributed by atoms with Crippen molar-refractivity contribution >= 4 is 17.5 Å². The summed E-state index contributed by atoms with van der Waals surface area (Å²) in [4.78, 5) is 19.2. The zero-order chi connectivity index (χ0) is 12.8. The average Bonchev–Trinajstić information content (AvgIpc) is 2.24. The summed E-state index contributed by atoms with van der Waals surface area (Å²) in [6.45, 7) is 4.36. The van der Waals surface area contributed by atoms with Crippen molar-refractivity contribution in [1.29, 1.82) is 0 Å². The molecule has 0 radical (unpaired) electrons. The SMILES string of the molecule is CCCc1nc(N)c(C)c(NCCC(N)=O)n1. The van der Waals surface area contributed by atoms with Crippen LogP contribution < -0.4 is 16.8 Å². The number of amides is 1. The van der Waals surface area contributed by atoms with Crippen molar-refractivity contribution in [1.82, 2.24) is 9.97 Å². The number of rotatable bonds is 6. The first-order valence-electron chi connectivity index (χ1n) is 5.69. The number of nitrogens with zero attached hydrogens (tertiary/aromatic N) is 2. The van der Waals surface area contributed by atoms with Crippen LogP contribution in [0.25, 0.3) is 0 Å². The first kappa shape index (κ1) is 13.2. The number of aromatic nitrogens is 2. The van der Waals surface area contributed by atoms with Crippen molar-refractivity contribution in [3.8, 4) is 0 Å². The minimum Gasteiger partial charge on any atom is -0.383 e. The maximum absolute atomic E-state index is 10.6. The molecule has 0 aromatic carbocycles. The molecular formula is C11H19N5O. The average molecular weight is 237 g/mol. The summed E-state index contributed by atoms with van der Waals surface area (Å²) in [5, 5.41) is 3.05. The normalized spacial score (nSPS) is 10.2. The van der Waals surface area contributed by atoms with Gasteiger partial charge in [0.25, 0.3) is 0 Å². The number of nitrogens with two attached hydrogens (primary N) is 2. The zero-order valence-electron chi connectivity index (χ0n) is 10.3. The van der Waals surface area contributed by atoms with Gasteiger partial charge in [0.1, 0.15) is 17.5 Å². The second-order valence-corrected chi connectivity index (χ2v) is 3.89. The van der Waals surface area contributed by atoms with Gasteiger partial charge < -0.3 is 16.8 Å². The van der Waals surface area contributed by atoms with Gasteiger partial charge in [0.05, 0.1) is 0 Å². The molecule has 0 bridgehead atoms. The highest BCUT2D eigenvalue weighted by molar-refractivity contribution is 5.74. The number of nitrogens with one attached hydrogen (secondary N) is 1. The number of carbonyl (C=O) groups excluding carboxylic acids is 1. The molecule has 17 heavy (non-hydrogen) atoms. The Morgan fingerprint density at radius 3 is 2.71 bits per heavy atom. The van der Waals surface area contributed by atoms with Crippen LogP contribution >= 0.6 is 0 Å². The first-order chi connectivity index (χ1) is 8.04. The van der Waals surface area contributed by atoms with Gasteiger partial charge in [-0.2, -0.15) is 0 Å². The fourth-order valence-electron chi connectivity index (χ4n) is 1.39. The minimum absolute atomic E-state index is 0.270. The molecule has 0 aliphatic carbocycles. The van der Waals surface area contributed by atoms with Crippen molar-refractivity contribution in [3.05, 3.63) is 11.4 Å². The molecule has 1 heterocycles. The number of aryl methyl sites for hydroxylation is 1. The Bertz CT molecular complexity index is 405. The summed E-state index contributed by atoms with van der Waals surface area (Å²) in [6.07, 6.45) is 2.02. The summed E-state index contributed by atoms with van der Waals surface area (Å²) < 4.78 is 0. The molecule has 1 amide bonds. The van der Waals surface area contributed by atoms with E-state index >= 15 is 0 Å². The fourth-order valence-corrected chi connectivity index (χ4v) is 1.39. The molecule has 6 nitrogen and oxygen atoms in total. The lowest BCUT2D eigenvalue weighted by Crippen LogP contribution is -2.17. The summed E-state index contributed by atoms with van der Waals surface area (Å²) in [5.41, 5.74) is 11.7. The highest BCUT2D eigenvalue weighted by atomic mass is 16.1. The minimum atomic E-state index is -0.342. The van der Waals surface area contributed by atoms with Crippen LogP contribution in [0.1, 0.15) is 31.2 Å². The Morgan fingerprint density at radius 1 is 1.41 bits per heavy atom. The molecule has 0 spiro atoms. The van der Waals surface area contributed by atoms with Crippen molar-refractivity contribution in [2.45, 2.75) is 33.1 Å². The molecule has 0 fully saturated rings. The smallest absolute Gasteiger partial charge is 0.219 e. The first-order valence-corrected chi connectivity index (χ1v) is 5.69. The molecule has 1 aromatic heterocycles. The summed E-state index contributed by atoms with van der Waals surface area (Å²) in [7, 11) is 0. The largest absolute Gasteiger partial charge is 0.383 e. The van der Waals surface area contributed by atoms with Crippen LogP contribution in [0.4, 0.5) is 11.6 Å². The molecule has 1 rings (SSSR count). The van der Waals surface area contributed by atoms with Crippen LogP contribution in [0.2, 0.25) is 0 Å². The quantitative estimate of drug-likeness (QED) is 0.672. The maximum atomic E-state index is 10.6. The van der Waals surface area contributed by atoms with Crippen molar-refractivity contribution in [2.24, 2.45) is 5.73 Å². The molecule has 0 atom stereocenters. The van der Waals surface area contributed by atoms with Gasteiger partial charge in [-0.15, -0.1) is 0 Å². The Labute approximate surface area is 101 Å². The van der Waals surface area contributed by atoms with Crippen LogP contribution in [0.3, 0.4) is 0 Å². The molecule has 0 saturated heterocycles. The number of hydrogen-bond acceptors (Lipinski definition) is 5. The highest BCUT2D eigenvalue weighted by Gasteiger charge is 2.08. The second-order valence-electron chi connectivity index (χ2n) is 3.89. The lowest BCUT2D eigenvalue weighted by molar-refractivity contribution is -0.117. The third-order valence-electron chi connectivity index (χ3n) is 2.37. The third kappa shape index (κ3) is 3.90. The van der Waals surface area contributed by atoms with Crippen LogP contribution in [0, 0.1) is 6.92 Å². The van der Waals surface area contributed by atoms with E-state index in [1.807, 2.05) is 6.92 Å². The number of hydrogen-bond donors (Lipinski definition) is 3. The van der Waals surface area contributed by atoms with Crippen LogP contribution in [0.5, 0.6) is 0 Å². The Hall–Kier alpha value is -1.85.